The van der Waals surface area contributed by atoms with E-state index in [0.29, 0.717) is 0 Å². The molecule has 3 nitrogen and oxygen atoms in total. The van der Waals surface area contributed by atoms with Crippen LogP contribution in [-0.2, 0) is 9.59 Å². The van der Waals surface area contributed by atoms with Crippen molar-refractivity contribution in [3.63, 3.8) is 0 Å². The fourth-order valence-corrected chi connectivity index (χ4v) is 1.03. The Labute approximate surface area is 76.8 Å². The molecule has 1 aromatic rings. The van der Waals surface area contributed by atoms with Gasteiger partial charge in [-0.25, -0.2) is 0 Å². The highest BCUT2D eigenvalue weighted by atomic mass is 16.2. The second kappa shape index (κ2) is 4.40. The summed E-state index contributed by atoms with van der Waals surface area (Å²) >= 11 is 0. The zero-order valence-corrected chi connectivity index (χ0v) is 7.28. The SMILES string of the molecule is CC(=O)N[C@H]([C]=O)c1ccccc1. The Morgan fingerprint density at radius 2 is 2.00 bits per heavy atom. The largest absolute Gasteiger partial charge is 0.342 e. The Hall–Kier alpha value is -1.64. The summed E-state index contributed by atoms with van der Waals surface area (Å²) in [4.78, 5) is 21.2. The standard InChI is InChI=1S/C10H10NO2/c1-8(13)11-10(7-12)9-5-3-2-4-6-9/h2-6,10H,1H3,(H,11,13)/t10-/m1/s1. The van der Waals surface area contributed by atoms with Crippen LogP contribution in [0, 0.1) is 0 Å². The van der Waals surface area contributed by atoms with E-state index in [1.54, 1.807) is 18.4 Å². The molecule has 0 saturated carbocycles. The van der Waals surface area contributed by atoms with Crippen LogP contribution in [0.3, 0.4) is 0 Å². The van der Waals surface area contributed by atoms with Gasteiger partial charge in [0, 0.05) is 6.92 Å². The number of amides is 1. The predicted octanol–water partition coefficient (Wildman–Crippen LogP) is 0.974. The molecule has 0 spiro atoms. The molecule has 0 aromatic heterocycles. The number of nitrogens with one attached hydrogen (secondary N) is 1. The van der Waals surface area contributed by atoms with Gasteiger partial charge in [-0.15, -0.1) is 0 Å². The minimum Gasteiger partial charge on any atom is -0.342 e. The molecule has 0 unspecified atom stereocenters. The monoisotopic (exact) mass is 176 g/mol. The number of hydrogen-bond acceptors (Lipinski definition) is 2. The summed E-state index contributed by atoms with van der Waals surface area (Å²) in [6.07, 6.45) is 1.77. The van der Waals surface area contributed by atoms with Crippen LogP contribution >= 0.6 is 0 Å². The molecule has 3 heteroatoms. The van der Waals surface area contributed by atoms with E-state index < -0.39 is 6.04 Å². The van der Waals surface area contributed by atoms with Gasteiger partial charge in [0.1, 0.15) is 6.04 Å². The summed E-state index contributed by atoms with van der Waals surface area (Å²) in [5, 5.41) is 2.48. The molecule has 1 atom stereocenters. The first-order valence-electron chi connectivity index (χ1n) is 3.93. The second-order valence-corrected chi connectivity index (χ2v) is 2.66. The molecule has 1 radical (unpaired) electrons. The maximum absolute atomic E-state index is 10.7. The van der Waals surface area contributed by atoms with E-state index in [1.165, 1.54) is 6.92 Å². The lowest BCUT2D eigenvalue weighted by Crippen LogP contribution is -2.26. The van der Waals surface area contributed by atoms with Crippen molar-refractivity contribution >= 4 is 12.2 Å². The Morgan fingerprint density at radius 3 is 2.46 bits per heavy atom. The number of carbonyl (C=O) groups is 1. The maximum Gasteiger partial charge on any atom is 0.227 e. The summed E-state index contributed by atoms with van der Waals surface area (Å²) in [6, 6.07) is 8.35. The van der Waals surface area contributed by atoms with Gasteiger partial charge in [0.15, 0.2) is 0 Å². The lowest BCUT2D eigenvalue weighted by atomic mass is 10.1. The summed E-state index contributed by atoms with van der Waals surface area (Å²) in [7, 11) is 0. The van der Waals surface area contributed by atoms with E-state index in [-0.39, 0.29) is 5.91 Å². The van der Waals surface area contributed by atoms with Crippen LogP contribution in [0.1, 0.15) is 18.5 Å². The van der Waals surface area contributed by atoms with Crippen molar-refractivity contribution in [1.29, 1.82) is 0 Å². The van der Waals surface area contributed by atoms with E-state index in [2.05, 4.69) is 5.32 Å². The smallest absolute Gasteiger partial charge is 0.227 e. The summed E-state index contributed by atoms with van der Waals surface area (Å²) in [6.45, 7) is 1.37. The van der Waals surface area contributed by atoms with Gasteiger partial charge in [0.25, 0.3) is 0 Å². The van der Waals surface area contributed by atoms with E-state index in [9.17, 15) is 9.59 Å². The Balaban J connectivity index is 2.78. The number of rotatable bonds is 3. The van der Waals surface area contributed by atoms with E-state index >= 15 is 0 Å². The summed E-state index contributed by atoms with van der Waals surface area (Å²) < 4.78 is 0. The summed E-state index contributed by atoms with van der Waals surface area (Å²) in [5.41, 5.74) is 0.743. The van der Waals surface area contributed by atoms with Crippen molar-refractivity contribution in [1.82, 2.24) is 5.32 Å². The van der Waals surface area contributed by atoms with Gasteiger partial charge < -0.3 is 5.32 Å². The molecule has 0 heterocycles. The lowest BCUT2D eigenvalue weighted by molar-refractivity contribution is -0.119. The minimum absolute atomic E-state index is 0.239. The van der Waals surface area contributed by atoms with Crippen molar-refractivity contribution in [3.05, 3.63) is 35.9 Å². The van der Waals surface area contributed by atoms with Crippen LogP contribution in [0.25, 0.3) is 0 Å². The van der Waals surface area contributed by atoms with Crippen molar-refractivity contribution < 1.29 is 9.59 Å². The van der Waals surface area contributed by atoms with Crippen molar-refractivity contribution in [2.75, 3.05) is 0 Å². The van der Waals surface area contributed by atoms with Gasteiger partial charge in [0.05, 0.1) is 0 Å². The Morgan fingerprint density at radius 1 is 1.38 bits per heavy atom. The molecule has 1 N–H and O–H groups in total. The molecule has 1 aromatic carbocycles. The topological polar surface area (TPSA) is 46.2 Å². The molecule has 0 bridgehead atoms. The molecule has 1 rings (SSSR count). The molecular weight excluding hydrogens is 166 g/mol. The molecule has 13 heavy (non-hydrogen) atoms. The quantitative estimate of drug-likeness (QED) is 0.746. The van der Waals surface area contributed by atoms with Gasteiger partial charge in [-0.1, -0.05) is 30.3 Å². The molecule has 0 saturated heterocycles. The fourth-order valence-electron chi connectivity index (χ4n) is 1.03. The zero-order chi connectivity index (χ0) is 9.68. The third-order valence-electron chi connectivity index (χ3n) is 1.60. The van der Waals surface area contributed by atoms with Crippen molar-refractivity contribution in [3.8, 4) is 0 Å². The van der Waals surface area contributed by atoms with E-state index in [1.807, 2.05) is 18.2 Å². The second-order valence-electron chi connectivity index (χ2n) is 2.66. The zero-order valence-electron chi connectivity index (χ0n) is 7.28. The van der Waals surface area contributed by atoms with Crippen LogP contribution in [-0.4, -0.2) is 12.2 Å². The summed E-state index contributed by atoms with van der Waals surface area (Å²) in [5.74, 6) is -0.239. The van der Waals surface area contributed by atoms with Gasteiger partial charge in [-0.05, 0) is 5.56 Å². The minimum atomic E-state index is -0.654. The lowest BCUT2D eigenvalue weighted by Gasteiger charge is -2.09. The van der Waals surface area contributed by atoms with Crippen LogP contribution < -0.4 is 5.32 Å². The van der Waals surface area contributed by atoms with E-state index in [4.69, 9.17) is 0 Å². The van der Waals surface area contributed by atoms with Gasteiger partial charge in [0.2, 0.25) is 12.2 Å². The normalized spacial score (nSPS) is 11.8. The highest BCUT2D eigenvalue weighted by Crippen LogP contribution is 2.08. The highest BCUT2D eigenvalue weighted by molar-refractivity contribution is 5.78. The van der Waals surface area contributed by atoms with Crippen molar-refractivity contribution in [2.24, 2.45) is 0 Å². The van der Waals surface area contributed by atoms with Crippen LogP contribution in [0.5, 0.6) is 0 Å². The molecular formula is C10H10NO2. The van der Waals surface area contributed by atoms with Crippen LogP contribution in [0.2, 0.25) is 0 Å². The number of hydrogen-bond donors (Lipinski definition) is 1. The molecule has 0 fully saturated rings. The van der Waals surface area contributed by atoms with Crippen LogP contribution in [0.4, 0.5) is 0 Å². The first kappa shape index (κ1) is 9.45. The average Bonchev–Trinajstić information content (AvgIpc) is 2.15. The van der Waals surface area contributed by atoms with Crippen molar-refractivity contribution in [2.45, 2.75) is 13.0 Å². The molecule has 0 aliphatic rings. The molecule has 0 aliphatic carbocycles. The third kappa shape index (κ3) is 2.71. The third-order valence-corrected chi connectivity index (χ3v) is 1.60. The number of benzene rings is 1. The molecule has 67 valence electrons. The predicted molar refractivity (Wildman–Crippen MR) is 48.7 cm³/mol. The van der Waals surface area contributed by atoms with E-state index in [0.717, 1.165) is 5.56 Å². The van der Waals surface area contributed by atoms with Gasteiger partial charge in [-0.3, -0.25) is 9.59 Å². The average molecular weight is 176 g/mol. The Bertz CT molecular complexity index is 295. The van der Waals surface area contributed by atoms with Gasteiger partial charge >= 0.3 is 0 Å². The first-order chi connectivity index (χ1) is 6.24. The molecule has 1 amide bonds. The highest BCUT2D eigenvalue weighted by Gasteiger charge is 2.10. The molecule has 0 aliphatic heterocycles. The first-order valence-corrected chi connectivity index (χ1v) is 3.93. The maximum atomic E-state index is 10.7. The van der Waals surface area contributed by atoms with Crippen LogP contribution in [0.15, 0.2) is 30.3 Å². The fraction of sp³-hybridized carbons (Fsp3) is 0.200. The Kier molecular flexibility index (Phi) is 3.20. The number of carbonyl (C=O) groups excluding carboxylic acids is 2. The van der Waals surface area contributed by atoms with Gasteiger partial charge in [-0.2, -0.15) is 0 Å².